The monoisotopic (exact) mass is 287 g/mol. The summed E-state index contributed by atoms with van der Waals surface area (Å²) < 4.78 is 0. The third-order valence-electron chi connectivity index (χ3n) is 5.99. The largest absolute Gasteiger partial charge is 0.507 e. The van der Waals surface area contributed by atoms with Crippen LogP contribution in [-0.2, 0) is 11.8 Å². The molecule has 21 heavy (non-hydrogen) atoms. The maximum Gasteiger partial charge on any atom is 0.339 e. The van der Waals surface area contributed by atoms with Gasteiger partial charge in [-0.15, -0.1) is 0 Å². The molecule has 4 rings (SSSR count). The number of nitrogens with one attached hydrogen (secondary N) is 1. The quantitative estimate of drug-likeness (QED) is 0.742. The molecule has 3 aliphatic rings. The van der Waals surface area contributed by atoms with Gasteiger partial charge in [0.2, 0.25) is 0 Å². The molecule has 0 radical (unpaired) electrons. The van der Waals surface area contributed by atoms with E-state index in [1.807, 2.05) is 0 Å². The molecule has 4 nitrogen and oxygen atoms in total. The van der Waals surface area contributed by atoms with Crippen LogP contribution in [0, 0.1) is 5.92 Å². The molecule has 2 bridgehead atoms. The number of benzene rings is 1. The van der Waals surface area contributed by atoms with Crippen molar-refractivity contribution in [1.29, 1.82) is 0 Å². The van der Waals surface area contributed by atoms with Gasteiger partial charge in [-0.1, -0.05) is 12.8 Å². The Morgan fingerprint density at radius 1 is 1.29 bits per heavy atom. The summed E-state index contributed by atoms with van der Waals surface area (Å²) in [7, 11) is 0. The van der Waals surface area contributed by atoms with E-state index in [-0.39, 0.29) is 16.7 Å². The van der Waals surface area contributed by atoms with Crippen LogP contribution in [0.4, 0.5) is 0 Å². The molecule has 2 fully saturated rings. The molecule has 3 N–H and O–H groups in total. The van der Waals surface area contributed by atoms with Gasteiger partial charge in [0.1, 0.15) is 11.3 Å². The maximum atomic E-state index is 11.3. The van der Waals surface area contributed by atoms with E-state index in [9.17, 15) is 15.0 Å². The van der Waals surface area contributed by atoms with Crippen molar-refractivity contribution >= 4 is 5.97 Å². The summed E-state index contributed by atoms with van der Waals surface area (Å²) in [4.78, 5) is 11.3. The van der Waals surface area contributed by atoms with Gasteiger partial charge in [0.05, 0.1) is 0 Å². The lowest BCUT2D eigenvalue weighted by molar-refractivity contribution is 0.0688. The standard InChI is InChI=1S/C17H21NO3/c19-15-9-13-10(7-11(15)16(20)21)8-14-12-3-1-2-4-17(12,13)5-6-18-14/h7,9,12,14,18-19H,1-6,8H2,(H,20,21)/t12-,14+,17+/m1/s1. The van der Waals surface area contributed by atoms with Crippen LogP contribution < -0.4 is 5.32 Å². The number of rotatable bonds is 1. The van der Waals surface area contributed by atoms with E-state index in [2.05, 4.69) is 5.32 Å². The molecule has 1 aliphatic heterocycles. The normalized spacial score (nSPS) is 33.9. The molecule has 1 aromatic carbocycles. The highest BCUT2D eigenvalue weighted by Gasteiger charge is 2.51. The number of hydrogen-bond donors (Lipinski definition) is 3. The van der Waals surface area contributed by atoms with Gasteiger partial charge in [-0.3, -0.25) is 0 Å². The maximum absolute atomic E-state index is 11.3. The number of carbonyl (C=O) groups is 1. The highest BCUT2D eigenvalue weighted by atomic mass is 16.4. The lowest BCUT2D eigenvalue weighted by atomic mass is 9.52. The van der Waals surface area contributed by atoms with Crippen LogP contribution in [0.25, 0.3) is 0 Å². The SMILES string of the molecule is O=C(O)c1cc2c(cc1O)[C@]13CCCC[C@@H]1[C@H](C2)NCC3. The van der Waals surface area contributed by atoms with Crippen LogP contribution in [0.3, 0.4) is 0 Å². The van der Waals surface area contributed by atoms with E-state index < -0.39 is 5.97 Å². The van der Waals surface area contributed by atoms with Gasteiger partial charge < -0.3 is 15.5 Å². The van der Waals surface area contributed by atoms with E-state index >= 15 is 0 Å². The third kappa shape index (κ3) is 1.75. The molecule has 1 heterocycles. The smallest absolute Gasteiger partial charge is 0.339 e. The van der Waals surface area contributed by atoms with E-state index in [4.69, 9.17) is 0 Å². The zero-order chi connectivity index (χ0) is 14.6. The van der Waals surface area contributed by atoms with Crippen molar-refractivity contribution in [3.05, 3.63) is 28.8 Å². The van der Waals surface area contributed by atoms with Gasteiger partial charge in [0.15, 0.2) is 0 Å². The number of piperidine rings is 1. The van der Waals surface area contributed by atoms with Gasteiger partial charge in [-0.2, -0.15) is 0 Å². The van der Waals surface area contributed by atoms with Crippen molar-refractivity contribution in [3.8, 4) is 5.75 Å². The topological polar surface area (TPSA) is 69.6 Å². The number of carboxylic acids is 1. The van der Waals surface area contributed by atoms with Crippen molar-refractivity contribution < 1.29 is 15.0 Å². The second-order valence-electron chi connectivity index (χ2n) is 6.85. The summed E-state index contributed by atoms with van der Waals surface area (Å²) in [5, 5.41) is 23.0. The Hall–Kier alpha value is -1.55. The zero-order valence-electron chi connectivity index (χ0n) is 12.1. The molecule has 0 amide bonds. The highest BCUT2D eigenvalue weighted by Crippen LogP contribution is 2.54. The highest BCUT2D eigenvalue weighted by molar-refractivity contribution is 5.91. The first-order chi connectivity index (χ1) is 10.1. The van der Waals surface area contributed by atoms with E-state index in [0.717, 1.165) is 24.9 Å². The molecule has 2 aliphatic carbocycles. The third-order valence-corrected chi connectivity index (χ3v) is 5.99. The fourth-order valence-corrected chi connectivity index (χ4v) is 5.14. The van der Waals surface area contributed by atoms with Gasteiger partial charge in [0, 0.05) is 11.5 Å². The van der Waals surface area contributed by atoms with Crippen LogP contribution in [0.15, 0.2) is 12.1 Å². The second kappa shape index (κ2) is 4.47. The molecule has 0 spiro atoms. The Morgan fingerprint density at radius 2 is 2.14 bits per heavy atom. The first-order valence-corrected chi connectivity index (χ1v) is 7.95. The van der Waals surface area contributed by atoms with E-state index in [1.54, 1.807) is 12.1 Å². The first kappa shape index (κ1) is 13.1. The Morgan fingerprint density at radius 3 is 2.95 bits per heavy atom. The van der Waals surface area contributed by atoms with Gasteiger partial charge >= 0.3 is 5.97 Å². The van der Waals surface area contributed by atoms with Crippen molar-refractivity contribution in [1.82, 2.24) is 5.32 Å². The summed E-state index contributed by atoms with van der Waals surface area (Å²) in [6.07, 6.45) is 6.95. The van der Waals surface area contributed by atoms with Crippen molar-refractivity contribution in [2.75, 3.05) is 6.54 Å². The molecular weight excluding hydrogens is 266 g/mol. The average molecular weight is 287 g/mol. The molecule has 1 saturated carbocycles. The van der Waals surface area contributed by atoms with Crippen LogP contribution in [0.5, 0.6) is 5.75 Å². The molecule has 3 atom stereocenters. The minimum Gasteiger partial charge on any atom is -0.507 e. The number of aromatic hydroxyl groups is 1. The second-order valence-corrected chi connectivity index (χ2v) is 6.85. The van der Waals surface area contributed by atoms with Gasteiger partial charge in [-0.25, -0.2) is 4.79 Å². The molecule has 0 aromatic heterocycles. The molecule has 1 aromatic rings. The lowest BCUT2D eigenvalue weighted by Gasteiger charge is -2.56. The Bertz CT molecular complexity index is 608. The summed E-state index contributed by atoms with van der Waals surface area (Å²) in [5.41, 5.74) is 2.56. The Balaban J connectivity index is 1.90. The van der Waals surface area contributed by atoms with Crippen molar-refractivity contribution in [3.63, 3.8) is 0 Å². The average Bonchev–Trinajstić information content (AvgIpc) is 2.47. The van der Waals surface area contributed by atoms with Crippen LogP contribution in [0.1, 0.15) is 53.6 Å². The Kier molecular flexibility index (Phi) is 2.80. The summed E-state index contributed by atoms with van der Waals surface area (Å²) in [5.74, 6) is -0.476. The summed E-state index contributed by atoms with van der Waals surface area (Å²) in [6.45, 7) is 1.03. The minimum atomic E-state index is -1.04. The van der Waals surface area contributed by atoms with Gasteiger partial charge in [-0.05, 0) is 61.4 Å². The van der Waals surface area contributed by atoms with E-state index in [1.165, 1.54) is 31.2 Å². The first-order valence-electron chi connectivity index (χ1n) is 7.95. The summed E-state index contributed by atoms with van der Waals surface area (Å²) >= 11 is 0. The number of fused-ring (bicyclic) bond motifs is 1. The lowest BCUT2D eigenvalue weighted by Crippen LogP contribution is -2.59. The molecule has 4 heteroatoms. The minimum absolute atomic E-state index is 0.0393. The van der Waals surface area contributed by atoms with Crippen LogP contribution in [0.2, 0.25) is 0 Å². The van der Waals surface area contributed by atoms with Crippen LogP contribution >= 0.6 is 0 Å². The number of aromatic carboxylic acids is 1. The predicted molar refractivity (Wildman–Crippen MR) is 78.8 cm³/mol. The fourth-order valence-electron chi connectivity index (χ4n) is 5.14. The van der Waals surface area contributed by atoms with Crippen molar-refractivity contribution in [2.45, 2.75) is 50.0 Å². The number of phenols is 1. The van der Waals surface area contributed by atoms with Crippen LogP contribution in [-0.4, -0.2) is 28.8 Å². The Labute approximate surface area is 124 Å². The van der Waals surface area contributed by atoms with E-state index in [0.29, 0.717) is 12.0 Å². The molecule has 112 valence electrons. The molecular formula is C17H21NO3. The molecule has 1 saturated heterocycles. The number of hydrogen-bond acceptors (Lipinski definition) is 3. The fraction of sp³-hybridized carbons (Fsp3) is 0.588. The summed E-state index contributed by atoms with van der Waals surface area (Å²) in [6, 6.07) is 3.94. The predicted octanol–water partition coefficient (Wildman–Crippen LogP) is 2.44. The van der Waals surface area contributed by atoms with Crippen molar-refractivity contribution in [2.24, 2.45) is 5.92 Å². The molecule has 0 unspecified atom stereocenters. The zero-order valence-corrected chi connectivity index (χ0v) is 12.1. The number of carboxylic acid groups (broad SMARTS) is 1. The van der Waals surface area contributed by atoms with Gasteiger partial charge in [0.25, 0.3) is 0 Å².